The largest absolute Gasteiger partial charge is 0.467 e. The number of ether oxygens (including phenoxy) is 1. The van der Waals surface area contributed by atoms with Gasteiger partial charge in [-0.25, -0.2) is 4.79 Å². The average molecular weight is 347 g/mol. The van der Waals surface area contributed by atoms with E-state index in [1.54, 1.807) is 25.1 Å². The first-order valence-corrected chi connectivity index (χ1v) is 7.92. The lowest BCUT2D eigenvalue weighted by Gasteiger charge is -2.36. The highest BCUT2D eigenvalue weighted by Crippen LogP contribution is 2.28. The van der Waals surface area contributed by atoms with Crippen LogP contribution in [0.1, 0.15) is 31.9 Å². The molecule has 0 radical (unpaired) electrons. The molecule has 1 atom stereocenters. The van der Waals surface area contributed by atoms with E-state index in [2.05, 4.69) is 4.98 Å². The Labute approximate surface area is 145 Å². The highest BCUT2D eigenvalue weighted by Gasteiger charge is 2.44. The SMILES string of the molecule is COC(=O)C(C)(c1ccccn1)N(C)C(=O)CCN1C(=O)CCC1=O. The third-order valence-electron chi connectivity index (χ3n) is 4.50. The number of hydrogen-bond acceptors (Lipinski definition) is 6. The minimum Gasteiger partial charge on any atom is -0.467 e. The van der Waals surface area contributed by atoms with Crippen LogP contribution in [0.2, 0.25) is 0 Å². The fourth-order valence-electron chi connectivity index (χ4n) is 2.76. The molecule has 0 aromatic carbocycles. The maximum Gasteiger partial charge on any atom is 0.337 e. The number of esters is 1. The normalized spacial score (nSPS) is 16.5. The Bertz CT molecular complexity index is 675. The summed E-state index contributed by atoms with van der Waals surface area (Å²) in [6, 6.07) is 5.05. The Morgan fingerprint density at radius 2 is 1.92 bits per heavy atom. The zero-order chi connectivity index (χ0) is 18.6. The maximum absolute atomic E-state index is 12.6. The van der Waals surface area contributed by atoms with Gasteiger partial charge in [-0.3, -0.25) is 24.3 Å². The summed E-state index contributed by atoms with van der Waals surface area (Å²) in [4.78, 5) is 54.7. The van der Waals surface area contributed by atoms with Crippen molar-refractivity contribution in [2.75, 3.05) is 20.7 Å². The summed E-state index contributed by atoms with van der Waals surface area (Å²) in [5, 5.41) is 0. The predicted molar refractivity (Wildman–Crippen MR) is 86.9 cm³/mol. The van der Waals surface area contributed by atoms with E-state index in [0.29, 0.717) is 5.69 Å². The first-order chi connectivity index (χ1) is 11.8. The molecule has 8 heteroatoms. The lowest BCUT2D eigenvalue weighted by atomic mass is 9.94. The number of carbonyl (C=O) groups is 4. The van der Waals surface area contributed by atoms with E-state index in [9.17, 15) is 19.2 Å². The first kappa shape index (κ1) is 18.6. The van der Waals surface area contributed by atoms with Crippen LogP contribution in [-0.4, -0.2) is 59.2 Å². The summed E-state index contributed by atoms with van der Waals surface area (Å²) in [6.07, 6.45) is 1.80. The molecule has 0 saturated carbocycles. The highest BCUT2D eigenvalue weighted by atomic mass is 16.5. The van der Waals surface area contributed by atoms with Gasteiger partial charge in [-0.05, 0) is 19.1 Å². The maximum atomic E-state index is 12.6. The number of rotatable bonds is 6. The Morgan fingerprint density at radius 3 is 2.44 bits per heavy atom. The summed E-state index contributed by atoms with van der Waals surface area (Å²) in [7, 11) is 2.71. The molecule has 3 amide bonds. The van der Waals surface area contributed by atoms with E-state index < -0.39 is 17.4 Å². The van der Waals surface area contributed by atoms with Gasteiger partial charge in [0, 0.05) is 39.1 Å². The molecule has 2 rings (SSSR count). The molecule has 8 nitrogen and oxygen atoms in total. The molecule has 134 valence electrons. The van der Waals surface area contributed by atoms with Gasteiger partial charge in [-0.2, -0.15) is 0 Å². The van der Waals surface area contributed by atoms with Crippen molar-refractivity contribution in [1.82, 2.24) is 14.8 Å². The second-order valence-electron chi connectivity index (χ2n) is 5.92. The molecule has 0 spiro atoms. The van der Waals surface area contributed by atoms with Crippen molar-refractivity contribution >= 4 is 23.7 Å². The van der Waals surface area contributed by atoms with Gasteiger partial charge in [0.2, 0.25) is 17.7 Å². The van der Waals surface area contributed by atoms with Crippen LogP contribution in [0.4, 0.5) is 0 Å². The molecule has 1 aliphatic heterocycles. The number of nitrogens with zero attached hydrogens (tertiary/aromatic N) is 3. The van der Waals surface area contributed by atoms with Gasteiger partial charge in [0.15, 0.2) is 5.54 Å². The monoisotopic (exact) mass is 347 g/mol. The van der Waals surface area contributed by atoms with Crippen LogP contribution in [0.25, 0.3) is 0 Å². The van der Waals surface area contributed by atoms with E-state index >= 15 is 0 Å². The molecular formula is C17H21N3O5. The lowest BCUT2D eigenvalue weighted by molar-refractivity contribution is -0.161. The van der Waals surface area contributed by atoms with Crippen molar-refractivity contribution in [3.63, 3.8) is 0 Å². The molecule has 1 fully saturated rings. The predicted octanol–water partition coefficient (Wildman–Crippen LogP) is 0.467. The smallest absolute Gasteiger partial charge is 0.337 e. The van der Waals surface area contributed by atoms with E-state index in [1.165, 1.54) is 25.3 Å². The number of aromatic nitrogens is 1. The van der Waals surface area contributed by atoms with Gasteiger partial charge in [0.05, 0.1) is 12.8 Å². The molecule has 1 saturated heterocycles. The van der Waals surface area contributed by atoms with Crippen LogP contribution >= 0.6 is 0 Å². The molecule has 0 bridgehead atoms. The fraction of sp³-hybridized carbons (Fsp3) is 0.471. The van der Waals surface area contributed by atoms with E-state index in [4.69, 9.17) is 4.74 Å². The van der Waals surface area contributed by atoms with Crippen molar-refractivity contribution in [1.29, 1.82) is 0 Å². The number of imide groups is 1. The lowest BCUT2D eigenvalue weighted by Crippen LogP contribution is -2.52. The number of likely N-dealkylation sites (tertiary alicyclic amines) is 1. The fourth-order valence-corrected chi connectivity index (χ4v) is 2.76. The Balaban J connectivity index is 2.17. The number of amides is 3. The zero-order valence-electron chi connectivity index (χ0n) is 14.5. The van der Waals surface area contributed by atoms with Gasteiger partial charge < -0.3 is 9.64 Å². The van der Waals surface area contributed by atoms with Crippen molar-refractivity contribution in [2.24, 2.45) is 0 Å². The summed E-state index contributed by atoms with van der Waals surface area (Å²) in [5.74, 6) is -1.58. The minimum absolute atomic E-state index is 0.000308. The number of likely N-dealkylation sites (N-methyl/N-ethyl adjacent to an activating group) is 1. The summed E-state index contributed by atoms with van der Waals surface area (Å²) < 4.78 is 4.86. The molecular weight excluding hydrogens is 326 g/mol. The summed E-state index contributed by atoms with van der Waals surface area (Å²) >= 11 is 0. The molecule has 0 aliphatic carbocycles. The second-order valence-corrected chi connectivity index (χ2v) is 5.92. The molecule has 2 heterocycles. The molecule has 1 aromatic rings. The third-order valence-corrected chi connectivity index (χ3v) is 4.50. The van der Waals surface area contributed by atoms with Gasteiger partial charge >= 0.3 is 5.97 Å². The zero-order valence-corrected chi connectivity index (χ0v) is 14.5. The van der Waals surface area contributed by atoms with Crippen LogP contribution in [-0.2, 0) is 29.5 Å². The summed E-state index contributed by atoms with van der Waals surface area (Å²) in [6.45, 7) is 1.55. The number of methoxy groups -OCH3 is 1. The van der Waals surface area contributed by atoms with Crippen LogP contribution in [0.5, 0.6) is 0 Å². The Kier molecular flexibility index (Phi) is 5.51. The van der Waals surface area contributed by atoms with Crippen LogP contribution in [0.3, 0.4) is 0 Å². The third kappa shape index (κ3) is 3.52. The Morgan fingerprint density at radius 1 is 1.28 bits per heavy atom. The van der Waals surface area contributed by atoms with Gasteiger partial charge in [0.1, 0.15) is 0 Å². The van der Waals surface area contributed by atoms with Crippen molar-refractivity contribution in [3.05, 3.63) is 30.1 Å². The quantitative estimate of drug-likeness (QED) is 0.548. The second kappa shape index (κ2) is 7.42. The standard InChI is InChI=1S/C17H21N3O5/c1-17(16(24)25-3,12-6-4-5-10-18-12)19(2)13(21)9-11-20-14(22)7-8-15(20)23/h4-6,10H,7-9,11H2,1-3H3. The molecule has 0 N–H and O–H groups in total. The highest BCUT2D eigenvalue weighted by molar-refractivity contribution is 6.02. The van der Waals surface area contributed by atoms with E-state index in [-0.39, 0.29) is 37.6 Å². The van der Waals surface area contributed by atoms with Crippen molar-refractivity contribution in [3.8, 4) is 0 Å². The Hall–Kier alpha value is -2.77. The average Bonchev–Trinajstić information content (AvgIpc) is 2.96. The van der Waals surface area contributed by atoms with E-state index in [0.717, 1.165) is 4.90 Å². The number of hydrogen-bond donors (Lipinski definition) is 0. The van der Waals surface area contributed by atoms with Crippen LogP contribution in [0, 0.1) is 0 Å². The van der Waals surface area contributed by atoms with Crippen LogP contribution in [0.15, 0.2) is 24.4 Å². The number of pyridine rings is 1. The van der Waals surface area contributed by atoms with Gasteiger partial charge in [0.25, 0.3) is 0 Å². The van der Waals surface area contributed by atoms with Crippen molar-refractivity contribution in [2.45, 2.75) is 31.7 Å². The molecule has 1 aliphatic rings. The number of carbonyl (C=O) groups excluding carboxylic acids is 4. The van der Waals surface area contributed by atoms with Gasteiger partial charge in [-0.15, -0.1) is 0 Å². The molecule has 1 unspecified atom stereocenters. The summed E-state index contributed by atoms with van der Waals surface area (Å²) in [5.41, 5.74) is -1.04. The molecule has 1 aromatic heterocycles. The minimum atomic E-state index is -1.41. The molecule has 25 heavy (non-hydrogen) atoms. The topological polar surface area (TPSA) is 96.9 Å². The van der Waals surface area contributed by atoms with Crippen LogP contribution < -0.4 is 0 Å². The van der Waals surface area contributed by atoms with Crippen molar-refractivity contribution < 1.29 is 23.9 Å². The first-order valence-electron chi connectivity index (χ1n) is 7.92. The van der Waals surface area contributed by atoms with Gasteiger partial charge in [-0.1, -0.05) is 6.07 Å². The van der Waals surface area contributed by atoms with E-state index in [1.807, 2.05) is 0 Å².